The number of hydrogen-bond acceptors (Lipinski definition) is 3. The average Bonchev–Trinajstić information content (AvgIpc) is 2.58. The van der Waals surface area contributed by atoms with Gasteiger partial charge in [-0.25, -0.2) is 0 Å². The van der Waals surface area contributed by atoms with E-state index in [0.717, 1.165) is 13.1 Å². The first-order valence-corrected chi connectivity index (χ1v) is 10.9. The van der Waals surface area contributed by atoms with Crippen LogP contribution in [-0.2, 0) is 0 Å². The molecule has 0 saturated carbocycles. The fraction of sp³-hybridized carbons (Fsp3) is 1.00. The van der Waals surface area contributed by atoms with Crippen LogP contribution in [0.15, 0.2) is 0 Å². The molecule has 1 atom stereocenters. The molecule has 0 aromatic heterocycles. The van der Waals surface area contributed by atoms with E-state index < -0.39 is 0 Å². The molecule has 0 radical (unpaired) electrons. The number of hydrogen-bond donors (Lipinski definition) is 3. The molecule has 0 spiro atoms. The summed E-state index contributed by atoms with van der Waals surface area (Å²) in [5.74, 6) is 0. The van der Waals surface area contributed by atoms with Crippen LogP contribution in [-0.4, -0.2) is 37.4 Å². The van der Waals surface area contributed by atoms with Crippen molar-refractivity contribution in [3.8, 4) is 0 Å². The fourth-order valence-corrected chi connectivity index (χ4v) is 3.14. The molecule has 146 valence electrons. The maximum Gasteiger partial charge on any atom is 0.0555 e. The van der Waals surface area contributed by atoms with E-state index in [0.29, 0.717) is 12.6 Å². The molecular formula is C21H46N2O. The molecule has 0 aliphatic carbocycles. The minimum Gasteiger partial charge on any atom is -0.395 e. The van der Waals surface area contributed by atoms with Crippen molar-refractivity contribution in [3.63, 3.8) is 0 Å². The van der Waals surface area contributed by atoms with Crippen LogP contribution in [0.5, 0.6) is 0 Å². The second kappa shape index (κ2) is 20.9. The molecule has 3 N–H and O–H groups in total. The Kier molecular flexibility index (Phi) is 20.8. The van der Waals surface area contributed by atoms with Gasteiger partial charge < -0.3 is 15.7 Å². The molecule has 0 amide bonds. The van der Waals surface area contributed by atoms with E-state index in [-0.39, 0.29) is 6.61 Å². The van der Waals surface area contributed by atoms with E-state index in [1.807, 2.05) is 0 Å². The van der Waals surface area contributed by atoms with Crippen molar-refractivity contribution in [2.75, 3.05) is 26.2 Å². The third-order valence-corrected chi connectivity index (χ3v) is 4.76. The largest absolute Gasteiger partial charge is 0.395 e. The van der Waals surface area contributed by atoms with Crippen molar-refractivity contribution in [2.24, 2.45) is 0 Å². The normalized spacial score (nSPS) is 12.6. The van der Waals surface area contributed by atoms with Crippen LogP contribution in [0.25, 0.3) is 0 Å². The lowest BCUT2D eigenvalue weighted by Gasteiger charge is -2.14. The highest BCUT2D eigenvalue weighted by Crippen LogP contribution is 2.12. The Balaban J connectivity index is 3.05. The summed E-state index contributed by atoms with van der Waals surface area (Å²) in [5, 5.41) is 15.5. The van der Waals surface area contributed by atoms with E-state index in [2.05, 4.69) is 24.5 Å². The fourth-order valence-electron chi connectivity index (χ4n) is 3.14. The Morgan fingerprint density at radius 1 is 0.667 bits per heavy atom. The summed E-state index contributed by atoms with van der Waals surface area (Å²) in [6.07, 6.45) is 19.9. The number of rotatable bonds is 20. The van der Waals surface area contributed by atoms with Crippen LogP contribution < -0.4 is 10.6 Å². The zero-order chi connectivity index (χ0) is 17.7. The van der Waals surface area contributed by atoms with Gasteiger partial charge in [-0.1, -0.05) is 90.4 Å². The first-order chi connectivity index (χ1) is 11.8. The lowest BCUT2D eigenvalue weighted by Crippen LogP contribution is -2.37. The minimum atomic E-state index is 0.228. The Bertz CT molecular complexity index is 224. The summed E-state index contributed by atoms with van der Waals surface area (Å²) in [4.78, 5) is 0. The van der Waals surface area contributed by atoms with Gasteiger partial charge in [-0.3, -0.25) is 0 Å². The van der Waals surface area contributed by atoms with Crippen molar-refractivity contribution in [1.82, 2.24) is 10.6 Å². The first kappa shape index (κ1) is 23.9. The van der Waals surface area contributed by atoms with Gasteiger partial charge in [0.15, 0.2) is 0 Å². The van der Waals surface area contributed by atoms with Crippen LogP contribution in [0.1, 0.15) is 104 Å². The van der Waals surface area contributed by atoms with Crippen LogP contribution in [0.2, 0.25) is 0 Å². The smallest absolute Gasteiger partial charge is 0.0555 e. The molecule has 0 heterocycles. The van der Waals surface area contributed by atoms with Gasteiger partial charge in [-0.15, -0.1) is 0 Å². The third kappa shape index (κ3) is 19.9. The van der Waals surface area contributed by atoms with Crippen LogP contribution >= 0.6 is 0 Å². The Labute approximate surface area is 152 Å². The van der Waals surface area contributed by atoms with E-state index in [9.17, 15) is 0 Å². The van der Waals surface area contributed by atoms with Crippen molar-refractivity contribution >= 4 is 0 Å². The predicted molar refractivity (Wildman–Crippen MR) is 108 cm³/mol. The second-order valence-electron chi connectivity index (χ2n) is 7.38. The van der Waals surface area contributed by atoms with E-state index in [1.165, 1.54) is 89.9 Å². The summed E-state index contributed by atoms with van der Waals surface area (Å²) in [6, 6.07) is 0.499. The summed E-state index contributed by atoms with van der Waals surface area (Å²) in [7, 11) is 0. The zero-order valence-electron chi connectivity index (χ0n) is 16.8. The molecular weight excluding hydrogens is 296 g/mol. The summed E-state index contributed by atoms with van der Waals surface area (Å²) in [5.41, 5.74) is 0. The quantitative estimate of drug-likeness (QED) is 0.272. The lowest BCUT2D eigenvalue weighted by atomic mass is 10.0. The maximum absolute atomic E-state index is 8.71. The number of nitrogens with one attached hydrogen (secondary N) is 2. The molecule has 24 heavy (non-hydrogen) atoms. The van der Waals surface area contributed by atoms with Crippen LogP contribution in [0.4, 0.5) is 0 Å². The van der Waals surface area contributed by atoms with Crippen molar-refractivity contribution in [3.05, 3.63) is 0 Å². The average molecular weight is 343 g/mol. The van der Waals surface area contributed by atoms with Crippen LogP contribution in [0.3, 0.4) is 0 Å². The monoisotopic (exact) mass is 342 g/mol. The molecule has 0 aromatic carbocycles. The van der Waals surface area contributed by atoms with Crippen molar-refractivity contribution in [2.45, 2.75) is 110 Å². The minimum absolute atomic E-state index is 0.228. The summed E-state index contributed by atoms with van der Waals surface area (Å²) < 4.78 is 0. The van der Waals surface area contributed by atoms with Crippen LogP contribution in [0, 0.1) is 0 Å². The standard InChI is InChI=1S/C21H46N2O/c1-3-4-5-6-7-8-9-10-11-12-13-14-15-16-17-23-21(2)20-22-18-19-24/h21-24H,3-20H2,1-2H3. The Morgan fingerprint density at radius 3 is 1.58 bits per heavy atom. The molecule has 0 rings (SSSR count). The molecule has 0 aliphatic heterocycles. The molecule has 3 nitrogen and oxygen atoms in total. The summed E-state index contributed by atoms with van der Waals surface area (Å²) in [6.45, 7) is 7.49. The van der Waals surface area contributed by atoms with Gasteiger partial charge in [0.05, 0.1) is 6.61 Å². The number of unbranched alkanes of at least 4 members (excludes halogenated alkanes) is 13. The zero-order valence-corrected chi connectivity index (χ0v) is 16.8. The highest BCUT2D eigenvalue weighted by molar-refractivity contribution is 4.63. The first-order valence-electron chi connectivity index (χ1n) is 10.9. The van der Waals surface area contributed by atoms with Gasteiger partial charge in [0.2, 0.25) is 0 Å². The maximum atomic E-state index is 8.71. The van der Waals surface area contributed by atoms with Gasteiger partial charge in [-0.05, 0) is 19.9 Å². The SMILES string of the molecule is CCCCCCCCCCCCCCCCNC(C)CNCCO. The molecule has 0 bridgehead atoms. The molecule has 3 heteroatoms. The Hall–Kier alpha value is -0.120. The van der Waals surface area contributed by atoms with Gasteiger partial charge in [0, 0.05) is 19.1 Å². The molecule has 1 unspecified atom stereocenters. The van der Waals surface area contributed by atoms with E-state index >= 15 is 0 Å². The van der Waals surface area contributed by atoms with Gasteiger partial charge in [0.25, 0.3) is 0 Å². The third-order valence-electron chi connectivity index (χ3n) is 4.76. The molecule has 0 saturated heterocycles. The van der Waals surface area contributed by atoms with Gasteiger partial charge >= 0.3 is 0 Å². The summed E-state index contributed by atoms with van der Waals surface area (Å²) >= 11 is 0. The molecule has 0 aromatic rings. The predicted octanol–water partition coefficient (Wildman–Crippen LogP) is 5.03. The van der Waals surface area contributed by atoms with Crippen molar-refractivity contribution < 1.29 is 5.11 Å². The van der Waals surface area contributed by atoms with Gasteiger partial charge in [0.1, 0.15) is 0 Å². The molecule has 0 aliphatic rings. The number of aliphatic hydroxyl groups excluding tert-OH is 1. The second-order valence-corrected chi connectivity index (χ2v) is 7.38. The van der Waals surface area contributed by atoms with E-state index in [4.69, 9.17) is 5.11 Å². The topological polar surface area (TPSA) is 44.3 Å². The van der Waals surface area contributed by atoms with Crippen molar-refractivity contribution in [1.29, 1.82) is 0 Å². The lowest BCUT2D eigenvalue weighted by molar-refractivity contribution is 0.289. The van der Waals surface area contributed by atoms with E-state index in [1.54, 1.807) is 0 Å². The highest BCUT2D eigenvalue weighted by Gasteiger charge is 1.99. The van der Waals surface area contributed by atoms with Gasteiger partial charge in [-0.2, -0.15) is 0 Å². The number of aliphatic hydroxyl groups is 1. The Morgan fingerprint density at radius 2 is 1.12 bits per heavy atom. The highest BCUT2D eigenvalue weighted by atomic mass is 16.3. The molecule has 0 fully saturated rings.